The molecule has 0 radical (unpaired) electrons. The van der Waals surface area contributed by atoms with Gasteiger partial charge in [0, 0.05) is 11.7 Å². The summed E-state index contributed by atoms with van der Waals surface area (Å²) in [5.74, 6) is -3.86. The van der Waals surface area contributed by atoms with Gasteiger partial charge in [0.15, 0.2) is 4.77 Å². The van der Waals surface area contributed by atoms with Crippen LogP contribution >= 0.6 is 24.0 Å². The summed E-state index contributed by atoms with van der Waals surface area (Å²) in [7, 11) is 0. The maximum absolute atomic E-state index is 13.4. The Bertz CT molecular complexity index is 1490. The Morgan fingerprint density at radius 2 is 1.88 bits per heavy atom. The number of esters is 2. The molecular weight excluding hydrogens is 568 g/mol. The van der Waals surface area contributed by atoms with E-state index in [1.807, 2.05) is 0 Å². The Labute approximate surface area is 235 Å². The van der Waals surface area contributed by atoms with Gasteiger partial charge in [-0.05, 0) is 43.8 Å². The van der Waals surface area contributed by atoms with Crippen LogP contribution in [0.2, 0.25) is 0 Å². The summed E-state index contributed by atoms with van der Waals surface area (Å²) in [6, 6.07) is 1.90. The van der Waals surface area contributed by atoms with Crippen molar-refractivity contribution < 1.29 is 38.6 Å². The molecule has 4 atom stereocenters. The molecule has 2 aliphatic rings. The minimum absolute atomic E-state index is 0.0935. The number of phenolic OH excluding ortho intramolecular Hbond substituents is 1. The highest BCUT2D eigenvalue weighted by Gasteiger charge is 2.64. The molecule has 17 heteroatoms. The van der Waals surface area contributed by atoms with Crippen molar-refractivity contribution in [2.45, 2.75) is 49.0 Å². The largest absolute Gasteiger partial charge is 0.508 e. The lowest BCUT2D eigenvalue weighted by atomic mass is 9.95. The number of nitrogens with one attached hydrogen (secondary N) is 4. The molecule has 5 N–H and O–H groups in total. The quantitative estimate of drug-likeness (QED) is 0.115. The number of hydrogen-bond donors (Lipinski definition) is 5. The molecule has 0 bridgehead atoms. The molecule has 0 saturated carbocycles. The van der Waals surface area contributed by atoms with Gasteiger partial charge in [0.25, 0.3) is 11.5 Å². The van der Waals surface area contributed by atoms with Gasteiger partial charge in [-0.1, -0.05) is 12.1 Å². The maximum Gasteiger partial charge on any atom is 0.333 e. The van der Waals surface area contributed by atoms with E-state index >= 15 is 0 Å². The fourth-order valence-electron chi connectivity index (χ4n) is 4.28. The summed E-state index contributed by atoms with van der Waals surface area (Å²) < 4.78 is 8.74. The predicted molar refractivity (Wildman–Crippen MR) is 139 cm³/mol. The van der Waals surface area contributed by atoms with Gasteiger partial charge < -0.3 is 30.1 Å². The third kappa shape index (κ3) is 5.69. The van der Waals surface area contributed by atoms with Crippen LogP contribution in [0, 0.1) is 4.77 Å². The number of aromatic amines is 2. The van der Waals surface area contributed by atoms with Crippen LogP contribution in [0.15, 0.2) is 29.1 Å². The first-order valence-corrected chi connectivity index (χ1v) is 13.0. The topological polar surface area (TPSA) is 213 Å². The van der Waals surface area contributed by atoms with Gasteiger partial charge in [0.05, 0.1) is 0 Å². The average Bonchev–Trinajstić information content (AvgIpc) is 3.13. The Morgan fingerprint density at radius 3 is 2.50 bits per heavy atom. The molecule has 212 valence electrons. The standard InChI is InChI=1S/C23H24N6O9S2/c1-9(30)37-8-38-21(36)15-23(2,3)40-20-14(19(35)29(15)20)25-16(32)12(10-4-6-11(31)7-5-10)24-17(33)13-18(34)26-22(39)28-27-13/h4-7,12,14-15,20,31H,8H2,1-3H3,(H,24,33)(H,25,32)(H2,26,28,34,39)/t12?,14-,15+,20-/m1/s1. The van der Waals surface area contributed by atoms with Crippen molar-refractivity contribution in [1.29, 1.82) is 0 Å². The number of amides is 3. The fraction of sp³-hybridized carbons (Fsp3) is 0.391. The fourth-order valence-corrected chi connectivity index (χ4v) is 6.04. The van der Waals surface area contributed by atoms with E-state index < -0.39 is 76.0 Å². The zero-order valence-electron chi connectivity index (χ0n) is 21.3. The molecule has 2 aliphatic heterocycles. The number of β-lactam (4-membered cyclic amide) rings is 1. The molecule has 3 amide bonds. The normalized spacial score (nSPS) is 21.4. The van der Waals surface area contributed by atoms with Gasteiger partial charge in [-0.15, -0.1) is 11.8 Å². The molecule has 1 aromatic heterocycles. The van der Waals surface area contributed by atoms with Gasteiger partial charge in [-0.2, -0.15) is 5.10 Å². The second-order valence-electron chi connectivity index (χ2n) is 9.32. The predicted octanol–water partition coefficient (Wildman–Crippen LogP) is -0.385. The molecule has 3 heterocycles. The van der Waals surface area contributed by atoms with Crippen molar-refractivity contribution in [1.82, 2.24) is 30.7 Å². The van der Waals surface area contributed by atoms with E-state index in [-0.39, 0.29) is 16.1 Å². The monoisotopic (exact) mass is 592 g/mol. The van der Waals surface area contributed by atoms with E-state index in [0.717, 1.165) is 6.92 Å². The van der Waals surface area contributed by atoms with Crippen LogP contribution in [-0.2, 0) is 28.7 Å². The number of benzene rings is 1. The molecule has 15 nitrogen and oxygen atoms in total. The zero-order valence-corrected chi connectivity index (χ0v) is 22.9. The number of aromatic hydroxyl groups is 1. The molecule has 4 rings (SSSR count). The number of nitrogens with zero attached hydrogens (tertiary/aromatic N) is 2. The van der Waals surface area contributed by atoms with Crippen molar-refractivity contribution in [2.24, 2.45) is 0 Å². The highest BCUT2D eigenvalue weighted by atomic mass is 32.2. The Morgan fingerprint density at radius 1 is 1.20 bits per heavy atom. The Kier molecular flexibility index (Phi) is 7.97. The number of carbonyl (C=O) groups excluding carboxylic acids is 5. The van der Waals surface area contributed by atoms with E-state index in [4.69, 9.17) is 17.0 Å². The van der Waals surface area contributed by atoms with Crippen LogP contribution in [0.4, 0.5) is 0 Å². The summed E-state index contributed by atoms with van der Waals surface area (Å²) in [6.45, 7) is 4.02. The van der Waals surface area contributed by atoms with Crippen LogP contribution in [0.3, 0.4) is 0 Å². The van der Waals surface area contributed by atoms with Crippen molar-refractivity contribution in [3.63, 3.8) is 0 Å². The number of rotatable bonds is 8. The van der Waals surface area contributed by atoms with E-state index in [2.05, 4.69) is 30.6 Å². The Hall–Kier alpha value is -4.25. The number of fused-ring (bicyclic) bond motifs is 1. The lowest BCUT2D eigenvalue weighted by Crippen LogP contribution is -2.71. The second-order valence-corrected chi connectivity index (χ2v) is 11.5. The first-order valence-electron chi connectivity index (χ1n) is 11.7. The highest BCUT2D eigenvalue weighted by Crippen LogP contribution is 2.51. The number of carbonyl (C=O) groups is 5. The number of aromatic nitrogens is 3. The summed E-state index contributed by atoms with van der Waals surface area (Å²) in [4.78, 5) is 78.7. The third-order valence-corrected chi connectivity index (χ3v) is 7.88. The van der Waals surface area contributed by atoms with Crippen molar-refractivity contribution in [2.75, 3.05) is 6.79 Å². The first-order chi connectivity index (χ1) is 18.8. The third-order valence-electron chi connectivity index (χ3n) is 6.12. The van der Waals surface area contributed by atoms with Crippen LogP contribution in [-0.4, -0.2) is 83.8 Å². The van der Waals surface area contributed by atoms with Crippen LogP contribution in [0.25, 0.3) is 0 Å². The van der Waals surface area contributed by atoms with Gasteiger partial charge >= 0.3 is 11.9 Å². The summed E-state index contributed by atoms with van der Waals surface area (Å²) in [5, 5.41) is 20.0. The van der Waals surface area contributed by atoms with Crippen LogP contribution in [0.1, 0.15) is 42.9 Å². The molecule has 2 aromatic rings. The summed E-state index contributed by atoms with van der Waals surface area (Å²) >= 11 is 6.03. The minimum atomic E-state index is -1.40. The average molecular weight is 593 g/mol. The molecule has 0 spiro atoms. The van der Waals surface area contributed by atoms with Crippen molar-refractivity contribution >= 4 is 53.6 Å². The lowest BCUT2D eigenvalue weighted by molar-refractivity contribution is -0.175. The van der Waals surface area contributed by atoms with E-state index in [1.165, 1.54) is 40.9 Å². The van der Waals surface area contributed by atoms with Crippen LogP contribution in [0.5, 0.6) is 5.75 Å². The minimum Gasteiger partial charge on any atom is -0.508 e. The summed E-state index contributed by atoms with van der Waals surface area (Å²) in [5.41, 5.74) is -1.23. The lowest BCUT2D eigenvalue weighted by Gasteiger charge is -2.44. The van der Waals surface area contributed by atoms with Crippen molar-refractivity contribution in [3.8, 4) is 5.75 Å². The van der Waals surface area contributed by atoms with Gasteiger partial charge in [-0.3, -0.25) is 34.1 Å². The second kappa shape index (κ2) is 11.1. The Balaban J connectivity index is 1.52. The SMILES string of the molecule is CC(=O)OCOC(=O)[C@@H]1N2C(=O)[C@@H](NC(=O)C(NC(=O)c3n[nH]c(=S)[nH]c3=O)c3ccc(O)cc3)[C@H]2SC1(C)C. The molecule has 2 fully saturated rings. The molecular formula is C23H24N6O9S2. The van der Waals surface area contributed by atoms with E-state index in [9.17, 15) is 33.9 Å². The molecule has 2 saturated heterocycles. The molecule has 40 heavy (non-hydrogen) atoms. The number of hydrogen-bond acceptors (Lipinski definition) is 12. The van der Waals surface area contributed by atoms with Gasteiger partial charge in [-0.25, -0.2) is 4.79 Å². The van der Waals surface area contributed by atoms with E-state index in [0.29, 0.717) is 0 Å². The highest BCUT2D eigenvalue weighted by molar-refractivity contribution is 8.01. The number of H-pyrrole nitrogens is 2. The van der Waals surface area contributed by atoms with Crippen LogP contribution < -0.4 is 16.2 Å². The summed E-state index contributed by atoms with van der Waals surface area (Å²) in [6.07, 6.45) is 0. The number of phenols is 1. The zero-order chi connectivity index (χ0) is 29.4. The molecule has 1 aromatic carbocycles. The number of thioether (sulfide) groups is 1. The smallest absolute Gasteiger partial charge is 0.333 e. The van der Waals surface area contributed by atoms with E-state index in [1.54, 1.807) is 13.8 Å². The number of ether oxygens (including phenoxy) is 2. The molecule has 0 aliphatic carbocycles. The van der Waals surface area contributed by atoms with Gasteiger partial charge in [0.1, 0.15) is 29.2 Å². The van der Waals surface area contributed by atoms with Crippen molar-refractivity contribution in [3.05, 3.63) is 50.6 Å². The van der Waals surface area contributed by atoms with Gasteiger partial charge in [0.2, 0.25) is 24.3 Å². The maximum atomic E-state index is 13.4. The first kappa shape index (κ1) is 28.8. The molecule has 1 unspecified atom stereocenters.